The first-order valence-corrected chi connectivity index (χ1v) is 8.16. The molecule has 1 aromatic heterocycles. The number of rotatable bonds is 5. The minimum absolute atomic E-state index is 0.138. The van der Waals surface area contributed by atoms with Gasteiger partial charge in [0.05, 0.1) is 0 Å². The van der Waals surface area contributed by atoms with E-state index in [1.54, 1.807) is 11.3 Å². The van der Waals surface area contributed by atoms with Gasteiger partial charge in [0.1, 0.15) is 0 Å². The summed E-state index contributed by atoms with van der Waals surface area (Å²) < 4.78 is 0. The molecular formula is C17H22N2OS. The van der Waals surface area contributed by atoms with Crippen LogP contribution >= 0.6 is 11.3 Å². The smallest absolute Gasteiger partial charge is 0.319 e. The Morgan fingerprint density at radius 3 is 2.62 bits per heavy atom. The van der Waals surface area contributed by atoms with Gasteiger partial charge in [0.25, 0.3) is 0 Å². The molecule has 21 heavy (non-hydrogen) atoms. The maximum absolute atomic E-state index is 11.9. The summed E-state index contributed by atoms with van der Waals surface area (Å²) in [6, 6.07) is 7.76. The Labute approximate surface area is 130 Å². The van der Waals surface area contributed by atoms with Crippen LogP contribution in [0.1, 0.15) is 28.5 Å². The predicted molar refractivity (Wildman–Crippen MR) is 90.3 cm³/mol. The van der Waals surface area contributed by atoms with Crippen molar-refractivity contribution < 1.29 is 4.79 Å². The van der Waals surface area contributed by atoms with Crippen molar-refractivity contribution in [3.05, 3.63) is 51.2 Å². The van der Waals surface area contributed by atoms with E-state index in [2.05, 4.69) is 36.8 Å². The molecule has 0 aliphatic rings. The molecule has 3 nitrogen and oxygen atoms in total. The van der Waals surface area contributed by atoms with Gasteiger partial charge in [-0.2, -0.15) is 0 Å². The van der Waals surface area contributed by atoms with E-state index in [4.69, 9.17) is 0 Å². The monoisotopic (exact) mass is 302 g/mol. The van der Waals surface area contributed by atoms with E-state index < -0.39 is 0 Å². The van der Waals surface area contributed by atoms with Crippen LogP contribution in [-0.2, 0) is 12.8 Å². The number of hydrogen-bond acceptors (Lipinski definition) is 2. The maximum Gasteiger partial charge on any atom is 0.319 e. The first kappa shape index (κ1) is 15.6. The Kier molecular flexibility index (Phi) is 5.39. The Bertz CT molecular complexity index is 619. The standard InChI is InChI=1S/C17H22N2OS/c1-4-14-7-5-6-8-16(14)19-17(20)18-10-9-15-11-21-13(3)12(15)2/h5-8,11H,4,9-10H2,1-3H3,(H2,18,19,20). The molecule has 0 aliphatic heterocycles. The highest BCUT2D eigenvalue weighted by Gasteiger charge is 2.06. The summed E-state index contributed by atoms with van der Waals surface area (Å²) in [7, 11) is 0. The van der Waals surface area contributed by atoms with Gasteiger partial charge in [0.2, 0.25) is 0 Å². The lowest BCUT2D eigenvalue weighted by atomic mass is 10.1. The highest BCUT2D eigenvalue weighted by atomic mass is 32.1. The summed E-state index contributed by atoms with van der Waals surface area (Å²) in [4.78, 5) is 13.3. The molecule has 0 spiro atoms. The summed E-state index contributed by atoms with van der Waals surface area (Å²) in [5.74, 6) is 0. The van der Waals surface area contributed by atoms with Gasteiger partial charge in [-0.25, -0.2) is 4.79 Å². The lowest BCUT2D eigenvalue weighted by Gasteiger charge is -2.11. The molecule has 0 bridgehead atoms. The van der Waals surface area contributed by atoms with Crippen LogP contribution in [0.2, 0.25) is 0 Å². The highest BCUT2D eigenvalue weighted by Crippen LogP contribution is 2.20. The maximum atomic E-state index is 11.9. The molecule has 1 heterocycles. The lowest BCUT2D eigenvalue weighted by molar-refractivity contribution is 0.252. The largest absolute Gasteiger partial charge is 0.338 e. The van der Waals surface area contributed by atoms with Gasteiger partial charge >= 0.3 is 6.03 Å². The molecular weight excluding hydrogens is 280 g/mol. The molecule has 2 amide bonds. The van der Waals surface area contributed by atoms with Crippen molar-refractivity contribution in [3.8, 4) is 0 Å². The van der Waals surface area contributed by atoms with Gasteiger partial charge in [0, 0.05) is 17.1 Å². The zero-order chi connectivity index (χ0) is 15.2. The third-order valence-corrected chi connectivity index (χ3v) is 4.78. The lowest BCUT2D eigenvalue weighted by Crippen LogP contribution is -2.30. The average molecular weight is 302 g/mol. The van der Waals surface area contributed by atoms with Gasteiger partial charge in [0.15, 0.2) is 0 Å². The van der Waals surface area contributed by atoms with E-state index >= 15 is 0 Å². The van der Waals surface area contributed by atoms with Crippen molar-refractivity contribution in [1.29, 1.82) is 0 Å². The molecule has 0 atom stereocenters. The molecule has 0 aliphatic carbocycles. The number of nitrogens with one attached hydrogen (secondary N) is 2. The van der Waals surface area contributed by atoms with Crippen LogP contribution in [0.5, 0.6) is 0 Å². The van der Waals surface area contributed by atoms with Crippen molar-refractivity contribution in [2.45, 2.75) is 33.6 Å². The SMILES string of the molecule is CCc1ccccc1NC(=O)NCCc1csc(C)c1C. The molecule has 0 saturated carbocycles. The Morgan fingerprint density at radius 2 is 1.95 bits per heavy atom. The molecule has 4 heteroatoms. The molecule has 1 aromatic carbocycles. The van der Waals surface area contributed by atoms with Gasteiger partial charge in [-0.05, 0) is 54.8 Å². The number of thiophene rings is 1. The fourth-order valence-corrected chi connectivity index (χ4v) is 3.16. The number of amides is 2. The van der Waals surface area contributed by atoms with Crippen LogP contribution in [0, 0.1) is 13.8 Å². The van der Waals surface area contributed by atoms with Crippen molar-refractivity contribution in [1.82, 2.24) is 5.32 Å². The van der Waals surface area contributed by atoms with E-state index in [1.165, 1.54) is 16.0 Å². The minimum atomic E-state index is -0.138. The molecule has 2 rings (SSSR count). The van der Waals surface area contributed by atoms with E-state index in [-0.39, 0.29) is 6.03 Å². The zero-order valence-electron chi connectivity index (χ0n) is 12.8. The average Bonchev–Trinajstić information content (AvgIpc) is 2.80. The van der Waals surface area contributed by atoms with Crippen molar-refractivity contribution in [2.24, 2.45) is 0 Å². The van der Waals surface area contributed by atoms with Crippen LogP contribution < -0.4 is 10.6 Å². The molecule has 0 fully saturated rings. The second kappa shape index (κ2) is 7.27. The summed E-state index contributed by atoms with van der Waals surface area (Å²) in [6.07, 6.45) is 1.78. The number of anilines is 1. The third kappa shape index (κ3) is 4.08. The summed E-state index contributed by atoms with van der Waals surface area (Å²) in [5.41, 5.74) is 4.71. The Balaban J connectivity index is 1.84. The number of hydrogen-bond donors (Lipinski definition) is 2. The zero-order valence-corrected chi connectivity index (χ0v) is 13.6. The third-order valence-electron chi connectivity index (χ3n) is 3.71. The van der Waals surface area contributed by atoms with Crippen LogP contribution in [-0.4, -0.2) is 12.6 Å². The van der Waals surface area contributed by atoms with Crippen LogP contribution in [0.3, 0.4) is 0 Å². The molecule has 112 valence electrons. The fraction of sp³-hybridized carbons (Fsp3) is 0.353. The molecule has 2 N–H and O–H groups in total. The molecule has 2 aromatic rings. The number of carbonyl (C=O) groups is 1. The number of urea groups is 1. The second-order valence-electron chi connectivity index (χ2n) is 5.08. The first-order valence-electron chi connectivity index (χ1n) is 7.28. The van der Waals surface area contributed by atoms with E-state index in [0.29, 0.717) is 6.54 Å². The normalized spacial score (nSPS) is 10.4. The molecule has 0 radical (unpaired) electrons. The van der Waals surface area contributed by atoms with Crippen molar-refractivity contribution >= 4 is 23.1 Å². The molecule has 0 saturated heterocycles. The molecule has 0 unspecified atom stereocenters. The number of para-hydroxylation sites is 1. The predicted octanol–water partition coefficient (Wildman–Crippen LogP) is 4.29. The van der Waals surface area contributed by atoms with Gasteiger partial charge in [-0.3, -0.25) is 0 Å². The fourth-order valence-electron chi connectivity index (χ4n) is 2.24. The highest BCUT2D eigenvalue weighted by molar-refractivity contribution is 7.10. The van der Waals surface area contributed by atoms with Gasteiger partial charge < -0.3 is 10.6 Å². The van der Waals surface area contributed by atoms with Crippen LogP contribution in [0.4, 0.5) is 10.5 Å². The van der Waals surface area contributed by atoms with E-state index in [0.717, 1.165) is 24.1 Å². The minimum Gasteiger partial charge on any atom is -0.338 e. The van der Waals surface area contributed by atoms with Crippen molar-refractivity contribution in [2.75, 3.05) is 11.9 Å². The van der Waals surface area contributed by atoms with E-state index in [9.17, 15) is 4.79 Å². The summed E-state index contributed by atoms with van der Waals surface area (Å²) in [5, 5.41) is 8.02. The Morgan fingerprint density at radius 1 is 1.19 bits per heavy atom. The summed E-state index contributed by atoms with van der Waals surface area (Å²) in [6.45, 7) is 7.00. The topological polar surface area (TPSA) is 41.1 Å². The quantitative estimate of drug-likeness (QED) is 0.850. The number of carbonyl (C=O) groups excluding carboxylic acids is 1. The first-order chi connectivity index (χ1) is 10.1. The van der Waals surface area contributed by atoms with Crippen molar-refractivity contribution in [3.63, 3.8) is 0 Å². The van der Waals surface area contributed by atoms with Gasteiger partial charge in [-0.1, -0.05) is 25.1 Å². The van der Waals surface area contributed by atoms with Gasteiger partial charge in [-0.15, -0.1) is 11.3 Å². The number of benzene rings is 1. The second-order valence-corrected chi connectivity index (χ2v) is 6.17. The van der Waals surface area contributed by atoms with Crippen LogP contribution in [0.25, 0.3) is 0 Å². The van der Waals surface area contributed by atoms with E-state index in [1.807, 2.05) is 24.3 Å². The number of aryl methyl sites for hydroxylation is 2. The van der Waals surface area contributed by atoms with Crippen LogP contribution in [0.15, 0.2) is 29.6 Å². The Hall–Kier alpha value is -1.81. The summed E-state index contributed by atoms with van der Waals surface area (Å²) >= 11 is 1.77.